The van der Waals surface area contributed by atoms with E-state index in [4.69, 9.17) is 4.98 Å². The summed E-state index contributed by atoms with van der Waals surface area (Å²) in [4.78, 5) is 5.20. The fraction of sp³-hybridized carbons (Fsp3) is 0. The smallest absolute Gasteiger partial charge is 0.145 e. The number of hydrogen-bond donors (Lipinski definition) is 0. The molecule has 0 unspecified atom stereocenters. The minimum absolute atomic E-state index is 0.920. The molecule has 0 amide bonds. The molecule has 0 aliphatic rings. The molecule has 0 saturated heterocycles. The standard InChI is InChI=1S/C59H38N2/c1-2-12-39(13-3-1)42-30-33-50(34-31-42)61-56-21-11-10-20-55(56)60-59(61)44-26-22-43(23-27-44)47-32-35-53-54(38-47)58(49-29-25-41-15-5-7-17-46(41)37-49)52-19-9-8-18-51(52)57(53)48-28-24-40-14-4-6-16-45(40)36-48/h1-38H. The van der Waals surface area contributed by atoms with Gasteiger partial charge in [-0.3, -0.25) is 4.57 Å². The van der Waals surface area contributed by atoms with Crippen LogP contribution in [0.2, 0.25) is 0 Å². The zero-order valence-electron chi connectivity index (χ0n) is 33.3. The van der Waals surface area contributed by atoms with Crippen LogP contribution in [0.25, 0.3) is 116 Å². The molecular formula is C59H38N2. The highest BCUT2D eigenvalue weighted by Crippen LogP contribution is 2.46. The molecule has 0 spiro atoms. The molecule has 12 rings (SSSR count). The summed E-state index contributed by atoms with van der Waals surface area (Å²) in [6.45, 7) is 0. The summed E-state index contributed by atoms with van der Waals surface area (Å²) in [5, 5.41) is 9.94. The molecule has 12 aromatic rings. The third-order valence-corrected chi connectivity index (χ3v) is 12.4. The van der Waals surface area contributed by atoms with Crippen molar-refractivity contribution in [3.8, 4) is 61.6 Å². The van der Waals surface area contributed by atoms with Crippen molar-refractivity contribution in [1.29, 1.82) is 0 Å². The van der Waals surface area contributed by atoms with E-state index in [1.165, 1.54) is 82.0 Å². The lowest BCUT2D eigenvalue weighted by Gasteiger charge is -2.19. The van der Waals surface area contributed by atoms with E-state index in [9.17, 15) is 0 Å². The first kappa shape index (κ1) is 34.9. The highest BCUT2D eigenvalue weighted by Gasteiger charge is 2.19. The van der Waals surface area contributed by atoms with Crippen molar-refractivity contribution in [2.45, 2.75) is 0 Å². The van der Waals surface area contributed by atoms with Crippen molar-refractivity contribution < 1.29 is 0 Å². The quantitative estimate of drug-likeness (QED) is 0.154. The van der Waals surface area contributed by atoms with E-state index in [1.54, 1.807) is 0 Å². The van der Waals surface area contributed by atoms with Gasteiger partial charge in [-0.15, -0.1) is 0 Å². The predicted octanol–water partition coefficient (Wildman–Crippen LogP) is 16.0. The van der Waals surface area contributed by atoms with Gasteiger partial charge in [0.1, 0.15) is 5.82 Å². The number of benzene rings is 11. The van der Waals surface area contributed by atoms with Gasteiger partial charge in [-0.2, -0.15) is 0 Å². The number of imidazole rings is 1. The van der Waals surface area contributed by atoms with E-state index in [0.29, 0.717) is 0 Å². The van der Waals surface area contributed by atoms with Crippen molar-refractivity contribution in [2.24, 2.45) is 0 Å². The van der Waals surface area contributed by atoms with Crippen LogP contribution in [0.1, 0.15) is 0 Å². The fourth-order valence-corrected chi connectivity index (χ4v) is 9.40. The zero-order chi connectivity index (χ0) is 40.3. The topological polar surface area (TPSA) is 17.8 Å². The van der Waals surface area contributed by atoms with Gasteiger partial charge in [-0.1, -0.05) is 188 Å². The summed E-state index contributed by atoms with van der Waals surface area (Å²) < 4.78 is 2.28. The van der Waals surface area contributed by atoms with Gasteiger partial charge in [-0.05, 0) is 130 Å². The number of hydrogen-bond acceptors (Lipinski definition) is 1. The summed E-state index contributed by atoms with van der Waals surface area (Å²) in [6.07, 6.45) is 0. The van der Waals surface area contributed by atoms with Crippen molar-refractivity contribution in [1.82, 2.24) is 9.55 Å². The number of nitrogens with zero attached hydrogens (tertiary/aromatic N) is 2. The van der Waals surface area contributed by atoms with Gasteiger partial charge in [-0.25, -0.2) is 4.98 Å². The maximum atomic E-state index is 5.20. The maximum absolute atomic E-state index is 5.20. The third-order valence-electron chi connectivity index (χ3n) is 12.4. The minimum Gasteiger partial charge on any atom is -0.292 e. The lowest BCUT2D eigenvalue weighted by atomic mass is 9.84. The molecule has 2 heteroatoms. The molecule has 0 atom stereocenters. The Bertz CT molecular complexity index is 3620. The largest absolute Gasteiger partial charge is 0.292 e. The Labute approximate surface area is 354 Å². The van der Waals surface area contributed by atoms with Crippen LogP contribution in [-0.4, -0.2) is 9.55 Å². The minimum atomic E-state index is 0.920. The average Bonchev–Trinajstić information content (AvgIpc) is 3.73. The van der Waals surface area contributed by atoms with Crippen LogP contribution in [0.3, 0.4) is 0 Å². The van der Waals surface area contributed by atoms with Crippen LogP contribution in [0.4, 0.5) is 0 Å². The van der Waals surface area contributed by atoms with Gasteiger partial charge in [0.05, 0.1) is 11.0 Å². The van der Waals surface area contributed by atoms with E-state index in [1.807, 2.05) is 0 Å². The SMILES string of the molecule is c1ccc(-c2ccc(-n3c(-c4ccc(-c5ccc6c(-c7ccc8ccccc8c7)c7ccccc7c(-c7ccc8ccccc8c7)c6c5)cc4)nc4ccccc43)cc2)cc1. The Morgan fingerprint density at radius 2 is 0.738 bits per heavy atom. The fourth-order valence-electron chi connectivity index (χ4n) is 9.40. The summed E-state index contributed by atoms with van der Waals surface area (Å²) in [6, 6.07) is 83.8. The number of para-hydroxylation sites is 2. The van der Waals surface area contributed by atoms with Crippen LogP contribution in [0, 0.1) is 0 Å². The van der Waals surface area contributed by atoms with Gasteiger partial charge in [0, 0.05) is 11.3 Å². The predicted molar refractivity (Wildman–Crippen MR) is 258 cm³/mol. The monoisotopic (exact) mass is 774 g/mol. The van der Waals surface area contributed by atoms with Gasteiger partial charge in [0.2, 0.25) is 0 Å². The summed E-state index contributed by atoms with van der Waals surface area (Å²) in [7, 11) is 0. The summed E-state index contributed by atoms with van der Waals surface area (Å²) in [5.74, 6) is 0.920. The van der Waals surface area contributed by atoms with Crippen LogP contribution >= 0.6 is 0 Å². The van der Waals surface area contributed by atoms with E-state index in [0.717, 1.165) is 33.7 Å². The van der Waals surface area contributed by atoms with Crippen LogP contribution < -0.4 is 0 Å². The van der Waals surface area contributed by atoms with Gasteiger partial charge >= 0.3 is 0 Å². The molecule has 0 bridgehead atoms. The van der Waals surface area contributed by atoms with Crippen molar-refractivity contribution in [3.05, 3.63) is 231 Å². The second kappa shape index (κ2) is 14.3. The Morgan fingerprint density at radius 1 is 0.279 bits per heavy atom. The molecule has 1 heterocycles. The van der Waals surface area contributed by atoms with Gasteiger partial charge in [0.25, 0.3) is 0 Å². The molecule has 11 aromatic carbocycles. The number of aromatic nitrogens is 2. The molecule has 0 aliphatic carbocycles. The second-order valence-electron chi connectivity index (χ2n) is 15.9. The van der Waals surface area contributed by atoms with E-state index in [2.05, 4.69) is 235 Å². The Balaban J connectivity index is 1.02. The molecule has 2 nitrogen and oxygen atoms in total. The van der Waals surface area contributed by atoms with Crippen LogP contribution in [0.5, 0.6) is 0 Å². The highest BCUT2D eigenvalue weighted by atomic mass is 15.1. The summed E-state index contributed by atoms with van der Waals surface area (Å²) >= 11 is 0. The first-order valence-corrected chi connectivity index (χ1v) is 20.9. The molecule has 0 N–H and O–H groups in total. The summed E-state index contributed by atoms with van der Waals surface area (Å²) in [5.41, 5.74) is 13.9. The molecular weight excluding hydrogens is 737 g/mol. The highest BCUT2D eigenvalue weighted by molar-refractivity contribution is 6.22. The van der Waals surface area contributed by atoms with Crippen molar-refractivity contribution >= 4 is 54.1 Å². The molecule has 0 aliphatic heterocycles. The first-order valence-electron chi connectivity index (χ1n) is 20.9. The Kier molecular flexibility index (Phi) is 8.21. The van der Waals surface area contributed by atoms with Crippen LogP contribution in [-0.2, 0) is 0 Å². The number of rotatable bonds is 6. The van der Waals surface area contributed by atoms with E-state index < -0.39 is 0 Å². The molecule has 284 valence electrons. The van der Waals surface area contributed by atoms with E-state index >= 15 is 0 Å². The first-order chi connectivity index (χ1) is 30.2. The average molecular weight is 775 g/mol. The number of fused-ring (bicyclic) bond motifs is 5. The normalized spacial score (nSPS) is 11.6. The lowest BCUT2D eigenvalue weighted by molar-refractivity contribution is 1.10. The van der Waals surface area contributed by atoms with E-state index in [-0.39, 0.29) is 0 Å². The second-order valence-corrected chi connectivity index (χ2v) is 15.9. The van der Waals surface area contributed by atoms with Crippen molar-refractivity contribution in [2.75, 3.05) is 0 Å². The van der Waals surface area contributed by atoms with Crippen LogP contribution in [0.15, 0.2) is 231 Å². The molecule has 0 saturated carbocycles. The molecule has 1 aromatic heterocycles. The Hall–Kier alpha value is -8.07. The van der Waals surface area contributed by atoms with Crippen molar-refractivity contribution in [3.63, 3.8) is 0 Å². The lowest BCUT2D eigenvalue weighted by Crippen LogP contribution is -1.97. The van der Waals surface area contributed by atoms with Gasteiger partial charge in [0.15, 0.2) is 0 Å². The molecule has 61 heavy (non-hydrogen) atoms. The Morgan fingerprint density at radius 3 is 1.41 bits per heavy atom. The molecule has 0 radical (unpaired) electrons. The maximum Gasteiger partial charge on any atom is 0.145 e. The zero-order valence-corrected chi connectivity index (χ0v) is 33.3. The van der Waals surface area contributed by atoms with Gasteiger partial charge < -0.3 is 0 Å². The molecule has 0 fully saturated rings. The third kappa shape index (κ3) is 6.00.